The molecule has 0 bridgehead atoms. The summed E-state index contributed by atoms with van der Waals surface area (Å²) in [6, 6.07) is 21.9. The maximum absolute atomic E-state index is 13.0. The van der Waals surface area contributed by atoms with Crippen LogP contribution < -0.4 is 9.62 Å². The minimum absolute atomic E-state index is 0.125. The van der Waals surface area contributed by atoms with Gasteiger partial charge in [0.2, 0.25) is 10.0 Å². The first-order valence-electron chi connectivity index (χ1n) is 9.48. The quantitative estimate of drug-likeness (QED) is 0.596. The van der Waals surface area contributed by atoms with Crippen LogP contribution in [-0.4, -0.2) is 27.1 Å². The van der Waals surface area contributed by atoms with Crippen molar-refractivity contribution in [1.29, 1.82) is 0 Å². The van der Waals surface area contributed by atoms with Crippen molar-refractivity contribution >= 4 is 21.6 Å². The predicted molar refractivity (Wildman–Crippen MR) is 116 cm³/mol. The lowest BCUT2D eigenvalue weighted by atomic mass is 10.1. The van der Waals surface area contributed by atoms with E-state index in [9.17, 15) is 17.6 Å². The number of hydrogen-bond donors (Lipinski definition) is 1. The third kappa shape index (κ3) is 5.67. The maximum Gasteiger partial charge on any atom is 0.253 e. The average molecular weight is 427 g/mol. The van der Waals surface area contributed by atoms with E-state index in [1.807, 2.05) is 30.3 Å². The highest BCUT2D eigenvalue weighted by atomic mass is 32.2. The molecular weight excluding hydrogens is 403 g/mol. The largest absolute Gasteiger partial charge is 0.352 e. The molecule has 0 aliphatic heterocycles. The summed E-state index contributed by atoms with van der Waals surface area (Å²) < 4.78 is 39.2. The van der Waals surface area contributed by atoms with Gasteiger partial charge in [0.25, 0.3) is 5.91 Å². The van der Waals surface area contributed by atoms with Gasteiger partial charge >= 0.3 is 0 Å². The lowest BCUT2D eigenvalue weighted by Gasteiger charge is -2.24. The number of para-hydroxylation sites is 1. The van der Waals surface area contributed by atoms with Crippen LogP contribution >= 0.6 is 0 Å². The van der Waals surface area contributed by atoms with Crippen molar-refractivity contribution in [3.8, 4) is 0 Å². The van der Waals surface area contributed by atoms with Crippen LogP contribution in [0.3, 0.4) is 0 Å². The highest BCUT2D eigenvalue weighted by Gasteiger charge is 2.23. The predicted octanol–water partition coefficient (Wildman–Crippen LogP) is 3.76. The molecule has 1 amide bonds. The Balaban J connectivity index is 1.78. The molecule has 3 aromatic carbocycles. The van der Waals surface area contributed by atoms with E-state index in [-0.39, 0.29) is 23.8 Å². The number of hydrogen-bond acceptors (Lipinski definition) is 3. The fraction of sp³-hybridized carbons (Fsp3) is 0.174. The van der Waals surface area contributed by atoms with E-state index >= 15 is 0 Å². The van der Waals surface area contributed by atoms with E-state index in [4.69, 9.17) is 0 Å². The Bertz CT molecular complexity index is 1100. The fourth-order valence-corrected chi connectivity index (χ4v) is 3.98. The zero-order valence-electron chi connectivity index (χ0n) is 16.6. The summed E-state index contributed by atoms with van der Waals surface area (Å²) >= 11 is 0. The molecule has 30 heavy (non-hydrogen) atoms. The van der Waals surface area contributed by atoms with Gasteiger partial charge in [0, 0.05) is 6.54 Å². The molecule has 7 heteroatoms. The van der Waals surface area contributed by atoms with Crippen LogP contribution in [0.2, 0.25) is 0 Å². The number of benzene rings is 3. The smallest absolute Gasteiger partial charge is 0.253 e. The van der Waals surface area contributed by atoms with Gasteiger partial charge in [-0.1, -0.05) is 54.6 Å². The Morgan fingerprint density at radius 1 is 0.900 bits per heavy atom. The van der Waals surface area contributed by atoms with Gasteiger partial charge in [-0.2, -0.15) is 0 Å². The number of carbonyl (C=O) groups is 1. The van der Waals surface area contributed by atoms with Crippen molar-refractivity contribution in [3.63, 3.8) is 0 Å². The molecule has 3 rings (SSSR count). The Morgan fingerprint density at radius 2 is 1.53 bits per heavy atom. The summed E-state index contributed by atoms with van der Waals surface area (Å²) in [6.07, 6.45) is 1.66. The first-order valence-corrected chi connectivity index (χ1v) is 11.3. The van der Waals surface area contributed by atoms with E-state index in [1.165, 1.54) is 16.4 Å². The summed E-state index contributed by atoms with van der Waals surface area (Å²) in [6.45, 7) is 0.468. The zero-order chi connectivity index (χ0) is 21.6. The molecular formula is C23H23FN2O3S. The van der Waals surface area contributed by atoms with Gasteiger partial charge in [0.05, 0.1) is 24.1 Å². The molecule has 1 N–H and O–H groups in total. The van der Waals surface area contributed by atoms with Gasteiger partial charge in [0.15, 0.2) is 0 Å². The molecule has 0 heterocycles. The number of nitrogens with zero attached hydrogens (tertiary/aromatic N) is 1. The van der Waals surface area contributed by atoms with Crippen molar-refractivity contribution in [2.24, 2.45) is 0 Å². The van der Waals surface area contributed by atoms with Crippen LogP contribution in [0, 0.1) is 5.82 Å². The number of halogens is 1. The molecule has 0 aliphatic carbocycles. The van der Waals surface area contributed by atoms with Crippen LogP contribution in [0.5, 0.6) is 0 Å². The number of carbonyl (C=O) groups excluding carboxylic acids is 1. The Morgan fingerprint density at radius 3 is 2.20 bits per heavy atom. The summed E-state index contributed by atoms with van der Waals surface area (Å²) in [7, 11) is -3.62. The first-order chi connectivity index (χ1) is 14.3. The summed E-state index contributed by atoms with van der Waals surface area (Å²) in [5, 5.41) is 2.82. The summed E-state index contributed by atoms with van der Waals surface area (Å²) in [5.41, 5.74) is 2.31. The molecule has 0 aromatic heterocycles. The van der Waals surface area contributed by atoms with E-state index in [0.29, 0.717) is 18.7 Å². The topological polar surface area (TPSA) is 66.5 Å². The minimum atomic E-state index is -3.62. The van der Waals surface area contributed by atoms with Gasteiger partial charge in [-0.05, 0) is 41.8 Å². The standard InChI is InChI=1S/C23H23FN2O3S/c1-30(28,29)26(17-19-7-3-2-4-8-19)22-10-6-5-9-21(22)23(27)25-16-15-18-11-13-20(24)14-12-18/h2-14H,15-17H2,1H3,(H,25,27). The lowest BCUT2D eigenvalue weighted by Crippen LogP contribution is -2.33. The lowest BCUT2D eigenvalue weighted by molar-refractivity contribution is 0.0955. The fourth-order valence-electron chi connectivity index (χ4n) is 3.08. The molecule has 156 valence electrons. The third-order valence-electron chi connectivity index (χ3n) is 4.60. The molecule has 0 atom stereocenters. The highest BCUT2D eigenvalue weighted by Crippen LogP contribution is 2.25. The molecule has 3 aromatic rings. The van der Waals surface area contributed by atoms with Gasteiger partial charge in [-0.25, -0.2) is 12.8 Å². The van der Waals surface area contributed by atoms with Crippen molar-refractivity contribution in [2.45, 2.75) is 13.0 Å². The van der Waals surface area contributed by atoms with E-state index < -0.39 is 10.0 Å². The molecule has 0 radical (unpaired) electrons. The van der Waals surface area contributed by atoms with Crippen LogP contribution in [0.4, 0.5) is 10.1 Å². The molecule has 0 saturated carbocycles. The summed E-state index contributed by atoms with van der Waals surface area (Å²) in [4.78, 5) is 12.8. The molecule has 0 saturated heterocycles. The summed E-state index contributed by atoms with van der Waals surface area (Å²) in [5.74, 6) is -0.676. The number of anilines is 1. The number of rotatable bonds is 8. The first kappa shape index (κ1) is 21.5. The monoisotopic (exact) mass is 426 g/mol. The Hall–Kier alpha value is -3.19. The number of sulfonamides is 1. The van der Waals surface area contributed by atoms with Crippen LogP contribution in [0.25, 0.3) is 0 Å². The normalized spacial score (nSPS) is 11.1. The van der Waals surface area contributed by atoms with Crippen LogP contribution in [0.15, 0.2) is 78.9 Å². The van der Waals surface area contributed by atoms with Crippen molar-refractivity contribution < 1.29 is 17.6 Å². The molecule has 0 unspecified atom stereocenters. The van der Waals surface area contributed by atoms with Gasteiger partial charge < -0.3 is 5.32 Å². The van der Waals surface area contributed by atoms with Gasteiger partial charge in [-0.3, -0.25) is 9.10 Å². The maximum atomic E-state index is 13.0. The second kappa shape index (κ2) is 9.54. The Kier molecular flexibility index (Phi) is 6.84. The van der Waals surface area contributed by atoms with E-state index in [2.05, 4.69) is 5.32 Å². The van der Waals surface area contributed by atoms with Gasteiger partial charge in [-0.15, -0.1) is 0 Å². The second-order valence-electron chi connectivity index (χ2n) is 6.90. The number of nitrogens with one attached hydrogen (secondary N) is 1. The molecule has 0 spiro atoms. The zero-order valence-corrected chi connectivity index (χ0v) is 17.4. The second-order valence-corrected chi connectivity index (χ2v) is 8.81. The van der Waals surface area contributed by atoms with Crippen molar-refractivity contribution in [3.05, 3.63) is 101 Å². The molecule has 0 aliphatic rings. The SMILES string of the molecule is CS(=O)(=O)N(Cc1ccccc1)c1ccccc1C(=O)NCCc1ccc(F)cc1. The number of amides is 1. The van der Waals surface area contributed by atoms with E-state index in [0.717, 1.165) is 17.4 Å². The Labute approximate surface area is 176 Å². The van der Waals surface area contributed by atoms with Crippen LogP contribution in [-0.2, 0) is 23.0 Å². The minimum Gasteiger partial charge on any atom is -0.352 e. The molecule has 0 fully saturated rings. The van der Waals surface area contributed by atoms with Gasteiger partial charge in [0.1, 0.15) is 5.82 Å². The highest BCUT2D eigenvalue weighted by molar-refractivity contribution is 7.92. The van der Waals surface area contributed by atoms with Crippen LogP contribution in [0.1, 0.15) is 21.5 Å². The molecule has 5 nitrogen and oxygen atoms in total. The van der Waals surface area contributed by atoms with Crippen molar-refractivity contribution in [1.82, 2.24) is 5.32 Å². The third-order valence-corrected chi connectivity index (χ3v) is 5.73. The average Bonchev–Trinajstić information content (AvgIpc) is 2.73. The van der Waals surface area contributed by atoms with E-state index in [1.54, 1.807) is 36.4 Å². The van der Waals surface area contributed by atoms with Crippen molar-refractivity contribution in [2.75, 3.05) is 17.1 Å².